The van der Waals surface area contributed by atoms with Crippen LogP contribution < -0.4 is 11.3 Å². The van der Waals surface area contributed by atoms with Crippen molar-refractivity contribution in [3.05, 3.63) is 22.1 Å². The highest BCUT2D eigenvalue weighted by molar-refractivity contribution is 5.45. The largest absolute Gasteiger partial charge is 0.394 e. The Morgan fingerprint density at radius 2 is 2.33 bits per heavy atom. The van der Waals surface area contributed by atoms with Gasteiger partial charge in [0, 0.05) is 5.56 Å². The Bertz CT molecular complexity index is 340. The SMILES string of the molecule is Nc1c(C2CCC2)cn[nH]c1=O. The number of aromatic amines is 1. The van der Waals surface area contributed by atoms with Crippen LogP contribution in [0, 0.1) is 0 Å². The van der Waals surface area contributed by atoms with Crippen LogP contribution in [-0.2, 0) is 0 Å². The maximum absolute atomic E-state index is 11.0. The number of nitrogen functional groups attached to an aromatic ring is 1. The molecule has 0 bridgehead atoms. The molecule has 0 unspecified atom stereocenters. The highest BCUT2D eigenvalue weighted by Gasteiger charge is 2.22. The van der Waals surface area contributed by atoms with Crippen molar-refractivity contribution in [2.75, 3.05) is 5.73 Å². The van der Waals surface area contributed by atoms with Crippen LogP contribution in [0.3, 0.4) is 0 Å². The Morgan fingerprint density at radius 1 is 1.58 bits per heavy atom. The predicted octanol–water partition coefficient (Wildman–Crippen LogP) is 0.620. The number of nitrogens with one attached hydrogen (secondary N) is 1. The third-order valence-electron chi connectivity index (χ3n) is 2.47. The summed E-state index contributed by atoms with van der Waals surface area (Å²) in [5, 5.41) is 6.04. The van der Waals surface area contributed by atoms with Gasteiger partial charge in [0.2, 0.25) is 0 Å². The molecule has 1 aromatic heterocycles. The summed E-state index contributed by atoms with van der Waals surface area (Å²) in [6.07, 6.45) is 5.17. The van der Waals surface area contributed by atoms with Gasteiger partial charge in [-0.15, -0.1) is 0 Å². The molecule has 2 rings (SSSR count). The fraction of sp³-hybridized carbons (Fsp3) is 0.500. The summed E-state index contributed by atoms with van der Waals surface area (Å²) >= 11 is 0. The Balaban J connectivity index is 2.42. The van der Waals surface area contributed by atoms with Gasteiger partial charge in [-0.2, -0.15) is 5.10 Å². The van der Waals surface area contributed by atoms with Gasteiger partial charge >= 0.3 is 0 Å². The Hall–Kier alpha value is -1.32. The zero-order valence-corrected chi connectivity index (χ0v) is 6.71. The van der Waals surface area contributed by atoms with Crippen molar-refractivity contribution in [3.8, 4) is 0 Å². The Labute approximate surface area is 69.8 Å². The third-order valence-corrected chi connectivity index (χ3v) is 2.47. The lowest BCUT2D eigenvalue weighted by molar-refractivity contribution is 0.419. The summed E-state index contributed by atoms with van der Waals surface area (Å²) in [5.41, 5.74) is 6.61. The van der Waals surface area contributed by atoms with Crippen LogP contribution in [0.5, 0.6) is 0 Å². The van der Waals surface area contributed by atoms with Gasteiger partial charge in [0.1, 0.15) is 5.69 Å². The van der Waals surface area contributed by atoms with Crippen molar-refractivity contribution in [2.24, 2.45) is 0 Å². The van der Waals surface area contributed by atoms with E-state index in [9.17, 15) is 4.79 Å². The molecule has 0 spiro atoms. The number of hydrogen-bond acceptors (Lipinski definition) is 3. The van der Waals surface area contributed by atoms with Gasteiger partial charge in [-0.05, 0) is 18.8 Å². The molecule has 0 aliphatic heterocycles. The van der Waals surface area contributed by atoms with E-state index in [0.29, 0.717) is 11.6 Å². The van der Waals surface area contributed by atoms with E-state index in [1.54, 1.807) is 6.20 Å². The van der Waals surface area contributed by atoms with Crippen molar-refractivity contribution in [1.82, 2.24) is 10.2 Å². The quantitative estimate of drug-likeness (QED) is 0.640. The minimum atomic E-state index is -0.264. The van der Waals surface area contributed by atoms with Gasteiger partial charge < -0.3 is 5.73 Å². The lowest BCUT2D eigenvalue weighted by atomic mass is 9.80. The first-order valence-corrected chi connectivity index (χ1v) is 4.12. The van der Waals surface area contributed by atoms with Crippen LogP contribution in [-0.4, -0.2) is 10.2 Å². The molecule has 64 valence electrons. The first kappa shape index (κ1) is 7.34. The molecule has 1 aliphatic rings. The summed E-state index contributed by atoms with van der Waals surface area (Å²) in [6, 6.07) is 0. The molecule has 1 saturated carbocycles. The molecule has 12 heavy (non-hydrogen) atoms. The summed E-state index contributed by atoms with van der Waals surface area (Å²) < 4.78 is 0. The number of anilines is 1. The van der Waals surface area contributed by atoms with Gasteiger partial charge in [-0.25, -0.2) is 5.10 Å². The van der Waals surface area contributed by atoms with Gasteiger partial charge in [0.05, 0.1) is 6.20 Å². The highest BCUT2D eigenvalue weighted by atomic mass is 16.1. The van der Waals surface area contributed by atoms with Crippen LogP contribution in [0.25, 0.3) is 0 Å². The summed E-state index contributed by atoms with van der Waals surface area (Å²) in [5.74, 6) is 0.472. The summed E-state index contributed by atoms with van der Waals surface area (Å²) in [4.78, 5) is 11.0. The average Bonchev–Trinajstić information content (AvgIpc) is 1.95. The number of aromatic nitrogens is 2. The Kier molecular flexibility index (Phi) is 1.60. The molecule has 0 amide bonds. The molecule has 4 nitrogen and oxygen atoms in total. The standard InChI is InChI=1S/C8H11N3O/c9-7-6(5-2-1-3-5)4-10-11-8(7)12/h4-5H,1-3H2,(H2,9,10)(H,11,12). The van der Waals surface area contributed by atoms with E-state index in [4.69, 9.17) is 5.73 Å². The van der Waals surface area contributed by atoms with E-state index in [0.717, 1.165) is 18.4 Å². The van der Waals surface area contributed by atoms with Crippen molar-refractivity contribution < 1.29 is 0 Å². The van der Waals surface area contributed by atoms with Gasteiger partial charge in [-0.3, -0.25) is 4.79 Å². The lowest BCUT2D eigenvalue weighted by Gasteiger charge is -2.25. The van der Waals surface area contributed by atoms with E-state index in [-0.39, 0.29) is 5.56 Å². The molecule has 0 aromatic carbocycles. The normalized spacial score (nSPS) is 17.3. The Morgan fingerprint density at radius 3 is 2.92 bits per heavy atom. The van der Waals surface area contributed by atoms with E-state index in [2.05, 4.69) is 10.2 Å². The lowest BCUT2D eigenvalue weighted by Crippen LogP contribution is -2.20. The first-order valence-electron chi connectivity index (χ1n) is 4.12. The molecular formula is C8H11N3O. The number of nitrogens with zero attached hydrogens (tertiary/aromatic N) is 1. The topological polar surface area (TPSA) is 71.8 Å². The van der Waals surface area contributed by atoms with Crippen LogP contribution in [0.4, 0.5) is 5.69 Å². The van der Waals surface area contributed by atoms with Crippen molar-refractivity contribution >= 4 is 5.69 Å². The van der Waals surface area contributed by atoms with E-state index >= 15 is 0 Å². The van der Waals surface area contributed by atoms with Crippen molar-refractivity contribution in [2.45, 2.75) is 25.2 Å². The second-order valence-electron chi connectivity index (χ2n) is 3.20. The third kappa shape index (κ3) is 0.995. The maximum Gasteiger partial charge on any atom is 0.287 e. The zero-order chi connectivity index (χ0) is 8.55. The number of hydrogen-bond donors (Lipinski definition) is 2. The van der Waals surface area contributed by atoms with Gasteiger partial charge in [-0.1, -0.05) is 6.42 Å². The maximum atomic E-state index is 11.0. The summed E-state index contributed by atoms with van der Waals surface area (Å²) in [7, 11) is 0. The molecule has 0 radical (unpaired) electrons. The van der Waals surface area contributed by atoms with Crippen LogP contribution in [0.2, 0.25) is 0 Å². The van der Waals surface area contributed by atoms with E-state index < -0.39 is 0 Å². The van der Waals surface area contributed by atoms with E-state index in [1.807, 2.05) is 0 Å². The molecule has 1 fully saturated rings. The molecule has 1 heterocycles. The average molecular weight is 165 g/mol. The zero-order valence-electron chi connectivity index (χ0n) is 6.71. The molecule has 3 N–H and O–H groups in total. The van der Waals surface area contributed by atoms with Crippen LogP contribution in [0.15, 0.2) is 11.0 Å². The number of H-pyrrole nitrogens is 1. The molecule has 4 heteroatoms. The highest BCUT2D eigenvalue weighted by Crippen LogP contribution is 2.37. The monoisotopic (exact) mass is 165 g/mol. The minimum Gasteiger partial charge on any atom is -0.394 e. The fourth-order valence-electron chi connectivity index (χ4n) is 1.47. The second-order valence-corrected chi connectivity index (χ2v) is 3.20. The first-order chi connectivity index (χ1) is 5.79. The second kappa shape index (κ2) is 2.62. The number of nitrogens with two attached hydrogens (primary N) is 1. The smallest absolute Gasteiger partial charge is 0.287 e. The molecule has 1 aliphatic carbocycles. The fourth-order valence-corrected chi connectivity index (χ4v) is 1.47. The summed E-state index contributed by atoms with van der Waals surface area (Å²) in [6.45, 7) is 0. The van der Waals surface area contributed by atoms with Gasteiger partial charge in [0.15, 0.2) is 0 Å². The van der Waals surface area contributed by atoms with Crippen molar-refractivity contribution in [3.63, 3.8) is 0 Å². The van der Waals surface area contributed by atoms with Crippen LogP contribution in [0.1, 0.15) is 30.7 Å². The van der Waals surface area contributed by atoms with Crippen LogP contribution >= 0.6 is 0 Å². The van der Waals surface area contributed by atoms with Crippen molar-refractivity contribution in [1.29, 1.82) is 0 Å². The molecule has 0 atom stereocenters. The predicted molar refractivity (Wildman–Crippen MR) is 45.9 cm³/mol. The molecular weight excluding hydrogens is 154 g/mol. The molecule has 1 aromatic rings. The van der Waals surface area contributed by atoms with E-state index in [1.165, 1.54) is 6.42 Å². The minimum absolute atomic E-state index is 0.264. The number of rotatable bonds is 1. The van der Waals surface area contributed by atoms with Gasteiger partial charge in [0.25, 0.3) is 5.56 Å². The molecule has 0 saturated heterocycles.